The Morgan fingerprint density at radius 2 is 1.96 bits per heavy atom. The van der Waals surface area contributed by atoms with Gasteiger partial charge >= 0.3 is 0 Å². The molecule has 3 aromatic rings. The van der Waals surface area contributed by atoms with Crippen molar-refractivity contribution >= 4 is 11.5 Å². The molecule has 0 aliphatic rings. The van der Waals surface area contributed by atoms with E-state index in [1.54, 1.807) is 6.20 Å². The molecule has 6 nitrogen and oxygen atoms in total. The molecule has 2 aromatic heterocycles. The fourth-order valence-corrected chi connectivity index (χ4v) is 2.81. The Hall–Kier alpha value is -3.15. The summed E-state index contributed by atoms with van der Waals surface area (Å²) in [6.07, 6.45) is 2.44. The van der Waals surface area contributed by atoms with Crippen molar-refractivity contribution in [2.45, 2.75) is 26.8 Å². The molecule has 140 valence electrons. The SMILES string of the molecule is CCc1cc(=O)[nH]c(-c2ccc(NCc3ccc(N(C)C)cc3C)nc2)n1. The zero-order valence-corrected chi connectivity index (χ0v) is 16.2. The molecular formula is C21H25N5O. The van der Waals surface area contributed by atoms with E-state index in [2.05, 4.69) is 50.3 Å². The molecule has 0 saturated carbocycles. The highest BCUT2D eigenvalue weighted by Gasteiger charge is 2.06. The summed E-state index contributed by atoms with van der Waals surface area (Å²) in [5.74, 6) is 1.33. The van der Waals surface area contributed by atoms with Gasteiger partial charge in [-0.25, -0.2) is 9.97 Å². The lowest BCUT2D eigenvalue weighted by molar-refractivity contribution is 0.985. The quantitative estimate of drug-likeness (QED) is 0.702. The van der Waals surface area contributed by atoms with E-state index in [-0.39, 0.29) is 5.56 Å². The molecule has 6 heteroatoms. The molecule has 0 radical (unpaired) electrons. The average Bonchev–Trinajstić information content (AvgIpc) is 2.66. The van der Waals surface area contributed by atoms with E-state index in [0.29, 0.717) is 12.4 Å². The van der Waals surface area contributed by atoms with E-state index in [9.17, 15) is 4.79 Å². The van der Waals surface area contributed by atoms with Crippen LogP contribution in [0.1, 0.15) is 23.7 Å². The van der Waals surface area contributed by atoms with Crippen LogP contribution in [0.2, 0.25) is 0 Å². The minimum absolute atomic E-state index is 0.143. The summed E-state index contributed by atoms with van der Waals surface area (Å²) in [5.41, 5.74) is 5.08. The molecule has 0 aliphatic carbocycles. The Kier molecular flexibility index (Phi) is 5.54. The summed E-state index contributed by atoms with van der Waals surface area (Å²) in [4.78, 5) is 25.5. The van der Waals surface area contributed by atoms with Gasteiger partial charge in [-0.1, -0.05) is 13.0 Å². The van der Waals surface area contributed by atoms with Gasteiger partial charge in [-0.2, -0.15) is 0 Å². The minimum Gasteiger partial charge on any atom is -0.378 e. The molecule has 0 aliphatic heterocycles. The van der Waals surface area contributed by atoms with Gasteiger partial charge in [-0.05, 0) is 48.7 Å². The molecule has 0 fully saturated rings. The predicted octanol–water partition coefficient (Wildman–Crippen LogP) is 3.38. The lowest BCUT2D eigenvalue weighted by Crippen LogP contribution is -2.10. The number of pyridine rings is 1. The van der Waals surface area contributed by atoms with Crippen molar-refractivity contribution in [2.75, 3.05) is 24.3 Å². The Bertz CT molecular complexity index is 977. The molecule has 0 atom stereocenters. The Morgan fingerprint density at radius 1 is 1.15 bits per heavy atom. The molecular weight excluding hydrogens is 338 g/mol. The summed E-state index contributed by atoms with van der Waals surface area (Å²) in [7, 11) is 4.08. The third-order valence-electron chi connectivity index (χ3n) is 4.50. The maximum Gasteiger partial charge on any atom is 0.251 e. The number of nitrogens with one attached hydrogen (secondary N) is 2. The van der Waals surface area contributed by atoms with Gasteiger partial charge < -0.3 is 15.2 Å². The van der Waals surface area contributed by atoms with Crippen molar-refractivity contribution in [2.24, 2.45) is 0 Å². The van der Waals surface area contributed by atoms with E-state index in [1.807, 2.05) is 33.2 Å². The van der Waals surface area contributed by atoms with Crippen molar-refractivity contribution < 1.29 is 0 Å². The maximum atomic E-state index is 11.7. The minimum atomic E-state index is -0.143. The number of nitrogens with zero attached hydrogens (tertiary/aromatic N) is 3. The largest absolute Gasteiger partial charge is 0.378 e. The van der Waals surface area contributed by atoms with Crippen LogP contribution in [0.3, 0.4) is 0 Å². The molecule has 0 amide bonds. The van der Waals surface area contributed by atoms with Gasteiger partial charge in [-0.3, -0.25) is 4.79 Å². The highest BCUT2D eigenvalue weighted by atomic mass is 16.1. The molecule has 27 heavy (non-hydrogen) atoms. The molecule has 0 bridgehead atoms. The lowest BCUT2D eigenvalue weighted by atomic mass is 10.1. The number of aromatic nitrogens is 3. The monoisotopic (exact) mass is 363 g/mol. The van der Waals surface area contributed by atoms with Crippen molar-refractivity contribution in [3.05, 3.63) is 69.8 Å². The first-order valence-corrected chi connectivity index (χ1v) is 9.03. The highest BCUT2D eigenvalue weighted by molar-refractivity contribution is 5.56. The predicted molar refractivity (Wildman–Crippen MR) is 110 cm³/mol. The summed E-state index contributed by atoms with van der Waals surface area (Å²) in [6.45, 7) is 4.79. The van der Waals surface area contributed by atoms with Crippen molar-refractivity contribution in [3.8, 4) is 11.4 Å². The molecule has 1 aromatic carbocycles. The van der Waals surface area contributed by atoms with Gasteiger partial charge in [0.15, 0.2) is 0 Å². The number of hydrogen-bond donors (Lipinski definition) is 2. The van der Waals surface area contributed by atoms with E-state index < -0.39 is 0 Å². The standard InChI is InChI=1S/C21H25N5O/c1-5-17-11-20(27)25-21(24-17)16-7-9-19(23-13-16)22-12-15-6-8-18(26(3)4)10-14(15)2/h6-11,13H,5,12H2,1-4H3,(H,22,23)(H,24,25,27). The Labute approximate surface area is 159 Å². The van der Waals surface area contributed by atoms with Crippen LogP contribution in [0.4, 0.5) is 11.5 Å². The molecule has 2 N–H and O–H groups in total. The van der Waals surface area contributed by atoms with Crippen LogP contribution in [-0.2, 0) is 13.0 Å². The Morgan fingerprint density at radius 3 is 2.59 bits per heavy atom. The summed E-state index contributed by atoms with van der Waals surface area (Å²) in [5, 5.41) is 3.35. The highest BCUT2D eigenvalue weighted by Crippen LogP contribution is 2.19. The second kappa shape index (κ2) is 8.03. The second-order valence-corrected chi connectivity index (χ2v) is 6.73. The van der Waals surface area contributed by atoms with Crippen LogP contribution in [0.15, 0.2) is 47.4 Å². The van der Waals surface area contributed by atoms with Gasteiger partial charge in [0.25, 0.3) is 5.56 Å². The summed E-state index contributed by atoms with van der Waals surface area (Å²) < 4.78 is 0. The first-order chi connectivity index (χ1) is 13.0. The third-order valence-corrected chi connectivity index (χ3v) is 4.50. The van der Waals surface area contributed by atoms with Crippen LogP contribution in [0, 0.1) is 6.92 Å². The normalized spacial score (nSPS) is 10.7. The number of aryl methyl sites for hydroxylation is 2. The van der Waals surface area contributed by atoms with E-state index in [1.165, 1.54) is 22.9 Å². The number of benzene rings is 1. The van der Waals surface area contributed by atoms with Crippen LogP contribution in [0.25, 0.3) is 11.4 Å². The smallest absolute Gasteiger partial charge is 0.251 e. The van der Waals surface area contributed by atoms with Crippen molar-refractivity contribution in [3.63, 3.8) is 0 Å². The molecule has 0 saturated heterocycles. The van der Waals surface area contributed by atoms with Gasteiger partial charge in [-0.15, -0.1) is 0 Å². The van der Waals surface area contributed by atoms with Gasteiger partial charge in [0, 0.05) is 49.8 Å². The number of aromatic amines is 1. The summed E-state index contributed by atoms with van der Waals surface area (Å²) >= 11 is 0. The van der Waals surface area contributed by atoms with Crippen LogP contribution in [-0.4, -0.2) is 29.0 Å². The van der Waals surface area contributed by atoms with Gasteiger partial charge in [0.1, 0.15) is 11.6 Å². The number of hydrogen-bond acceptors (Lipinski definition) is 5. The van der Waals surface area contributed by atoms with Crippen LogP contribution >= 0.6 is 0 Å². The van der Waals surface area contributed by atoms with Crippen molar-refractivity contribution in [1.29, 1.82) is 0 Å². The molecule has 3 rings (SSSR count). The average molecular weight is 363 g/mol. The molecule has 2 heterocycles. The second-order valence-electron chi connectivity index (χ2n) is 6.73. The van der Waals surface area contributed by atoms with Crippen LogP contribution < -0.4 is 15.8 Å². The van der Waals surface area contributed by atoms with Crippen LogP contribution in [0.5, 0.6) is 0 Å². The van der Waals surface area contributed by atoms with Gasteiger partial charge in [0.05, 0.1) is 0 Å². The topological polar surface area (TPSA) is 73.9 Å². The number of H-pyrrole nitrogens is 1. The fraction of sp³-hybridized carbons (Fsp3) is 0.286. The maximum absolute atomic E-state index is 11.7. The van der Waals surface area contributed by atoms with Crippen molar-refractivity contribution in [1.82, 2.24) is 15.0 Å². The van der Waals surface area contributed by atoms with E-state index >= 15 is 0 Å². The molecule has 0 spiro atoms. The van der Waals surface area contributed by atoms with Gasteiger partial charge in [0.2, 0.25) is 0 Å². The first-order valence-electron chi connectivity index (χ1n) is 9.03. The Balaban J connectivity index is 1.71. The number of anilines is 2. The molecule has 0 unspecified atom stereocenters. The number of rotatable bonds is 6. The third kappa shape index (κ3) is 4.53. The first kappa shape index (κ1) is 18.6. The van der Waals surface area contributed by atoms with E-state index in [0.717, 1.165) is 23.5 Å². The zero-order chi connectivity index (χ0) is 19.4. The fourth-order valence-electron chi connectivity index (χ4n) is 2.81. The zero-order valence-electron chi connectivity index (χ0n) is 16.2. The van der Waals surface area contributed by atoms with E-state index in [4.69, 9.17) is 0 Å². The lowest BCUT2D eigenvalue weighted by Gasteiger charge is -2.15. The summed E-state index contributed by atoms with van der Waals surface area (Å²) in [6, 6.07) is 11.8.